The topological polar surface area (TPSA) is 32.3 Å². The molecule has 0 aliphatic carbocycles. The average Bonchev–Trinajstić information content (AvgIpc) is 2.41. The average molecular weight is 283 g/mol. The van der Waals surface area contributed by atoms with Crippen molar-refractivity contribution in [2.45, 2.75) is 26.7 Å². The summed E-state index contributed by atoms with van der Waals surface area (Å²) in [5, 5.41) is 0.635. The van der Waals surface area contributed by atoms with Crippen molar-refractivity contribution in [1.82, 2.24) is 14.9 Å². The Balaban J connectivity index is 2.00. The third-order valence-electron chi connectivity index (χ3n) is 3.79. The van der Waals surface area contributed by atoms with E-state index in [2.05, 4.69) is 33.7 Å². The van der Waals surface area contributed by atoms with Crippen LogP contribution in [0.3, 0.4) is 0 Å². The molecule has 1 aromatic rings. The highest BCUT2D eigenvalue weighted by Gasteiger charge is 2.21. The van der Waals surface area contributed by atoms with Gasteiger partial charge in [-0.15, -0.1) is 0 Å². The van der Waals surface area contributed by atoms with Gasteiger partial charge in [-0.25, -0.2) is 9.97 Å². The number of aromatic nitrogens is 2. The van der Waals surface area contributed by atoms with Crippen molar-refractivity contribution in [2.24, 2.45) is 5.92 Å². The van der Waals surface area contributed by atoms with Crippen LogP contribution in [0.5, 0.6) is 0 Å². The number of aryl methyl sites for hydroxylation is 1. The Labute approximate surface area is 120 Å². The minimum Gasteiger partial charge on any atom is -0.358 e. The number of piperidine rings is 1. The molecule has 1 fully saturated rings. The fourth-order valence-electron chi connectivity index (χ4n) is 2.77. The highest BCUT2D eigenvalue weighted by molar-refractivity contribution is 6.32. The molecule has 1 aromatic heterocycles. The van der Waals surface area contributed by atoms with Gasteiger partial charge >= 0.3 is 0 Å². The number of anilines is 1. The Morgan fingerprint density at radius 1 is 1.53 bits per heavy atom. The van der Waals surface area contributed by atoms with Crippen LogP contribution in [-0.4, -0.2) is 48.1 Å². The normalized spacial score (nSPS) is 20.5. The molecule has 2 rings (SSSR count). The summed E-state index contributed by atoms with van der Waals surface area (Å²) in [7, 11) is 2.07. The van der Waals surface area contributed by atoms with Gasteiger partial charge in [-0.1, -0.05) is 18.5 Å². The van der Waals surface area contributed by atoms with Gasteiger partial charge in [0.1, 0.15) is 10.8 Å². The summed E-state index contributed by atoms with van der Waals surface area (Å²) in [6.07, 6.45) is 4.28. The molecule has 0 spiro atoms. The summed E-state index contributed by atoms with van der Waals surface area (Å²) in [5.41, 5.74) is 0. The van der Waals surface area contributed by atoms with Crippen molar-refractivity contribution < 1.29 is 0 Å². The second kappa shape index (κ2) is 6.53. The van der Waals surface area contributed by atoms with Crippen molar-refractivity contribution in [1.29, 1.82) is 0 Å². The van der Waals surface area contributed by atoms with E-state index in [0.29, 0.717) is 10.9 Å². The third-order valence-corrected chi connectivity index (χ3v) is 4.06. The summed E-state index contributed by atoms with van der Waals surface area (Å²) in [6.45, 7) is 8.71. The first-order valence-corrected chi connectivity index (χ1v) is 7.40. The summed E-state index contributed by atoms with van der Waals surface area (Å²) in [6, 6.07) is 0. The van der Waals surface area contributed by atoms with Crippen LogP contribution in [0.4, 0.5) is 5.82 Å². The second-order valence-corrected chi connectivity index (χ2v) is 5.78. The molecule has 1 aliphatic rings. The molecule has 0 amide bonds. The zero-order valence-electron chi connectivity index (χ0n) is 12.1. The van der Waals surface area contributed by atoms with Gasteiger partial charge in [0.05, 0.1) is 6.20 Å². The molecule has 1 aliphatic heterocycles. The van der Waals surface area contributed by atoms with Gasteiger partial charge in [0.25, 0.3) is 0 Å². The molecular weight excluding hydrogens is 260 g/mol. The molecule has 0 aromatic carbocycles. The molecule has 4 nitrogen and oxygen atoms in total. The molecule has 5 heteroatoms. The van der Waals surface area contributed by atoms with E-state index in [1.807, 2.05) is 6.92 Å². The Morgan fingerprint density at radius 2 is 2.32 bits per heavy atom. The first kappa shape index (κ1) is 14.5. The SMILES string of the molecule is CCN1CCCC(CN(C)c2nc(C)ncc2Cl)C1. The molecule has 2 heterocycles. The van der Waals surface area contributed by atoms with E-state index in [9.17, 15) is 0 Å². The van der Waals surface area contributed by atoms with Crippen LogP contribution < -0.4 is 4.90 Å². The lowest BCUT2D eigenvalue weighted by Gasteiger charge is -2.34. The highest BCUT2D eigenvalue weighted by Crippen LogP contribution is 2.24. The molecule has 1 atom stereocenters. The van der Waals surface area contributed by atoms with Crippen LogP contribution >= 0.6 is 11.6 Å². The van der Waals surface area contributed by atoms with Crippen molar-refractivity contribution in [2.75, 3.05) is 38.1 Å². The van der Waals surface area contributed by atoms with Gasteiger partial charge in [-0.3, -0.25) is 0 Å². The number of rotatable bonds is 4. The van der Waals surface area contributed by atoms with Crippen molar-refractivity contribution in [3.05, 3.63) is 17.0 Å². The van der Waals surface area contributed by atoms with E-state index in [4.69, 9.17) is 11.6 Å². The third kappa shape index (κ3) is 3.80. The smallest absolute Gasteiger partial charge is 0.150 e. The van der Waals surface area contributed by atoms with Crippen LogP contribution in [0.2, 0.25) is 5.02 Å². The van der Waals surface area contributed by atoms with E-state index < -0.39 is 0 Å². The molecule has 0 bridgehead atoms. The minimum absolute atomic E-state index is 0.635. The van der Waals surface area contributed by atoms with Gasteiger partial charge in [0.15, 0.2) is 5.82 Å². The largest absolute Gasteiger partial charge is 0.358 e. The molecule has 1 saturated heterocycles. The fraction of sp³-hybridized carbons (Fsp3) is 0.714. The second-order valence-electron chi connectivity index (χ2n) is 5.37. The van der Waals surface area contributed by atoms with E-state index >= 15 is 0 Å². The predicted molar refractivity (Wildman–Crippen MR) is 79.9 cm³/mol. The highest BCUT2D eigenvalue weighted by atomic mass is 35.5. The van der Waals surface area contributed by atoms with Gasteiger partial charge in [-0.05, 0) is 38.8 Å². The quantitative estimate of drug-likeness (QED) is 0.850. The Hall–Kier alpha value is -0.870. The van der Waals surface area contributed by atoms with Gasteiger partial charge < -0.3 is 9.80 Å². The molecule has 0 saturated carbocycles. The maximum Gasteiger partial charge on any atom is 0.150 e. The zero-order valence-corrected chi connectivity index (χ0v) is 12.8. The van der Waals surface area contributed by atoms with Crippen LogP contribution in [0.1, 0.15) is 25.6 Å². The van der Waals surface area contributed by atoms with Crippen LogP contribution in [0.25, 0.3) is 0 Å². The lowest BCUT2D eigenvalue weighted by molar-refractivity contribution is 0.185. The van der Waals surface area contributed by atoms with Gasteiger partial charge in [0.2, 0.25) is 0 Å². The van der Waals surface area contributed by atoms with E-state index in [1.54, 1.807) is 6.20 Å². The number of hydrogen-bond acceptors (Lipinski definition) is 4. The summed E-state index contributed by atoms with van der Waals surface area (Å²) in [5.74, 6) is 2.32. The standard InChI is InChI=1S/C14H23ClN4/c1-4-19-7-5-6-12(10-19)9-18(3)14-13(15)8-16-11(2)17-14/h8,12H,4-7,9-10H2,1-3H3. The Bertz CT molecular complexity index is 424. The summed E-state index contributed by atoms with van der Waals surface area (Å²) >= 11 is 6.19. The predicted octanol–water partition coefficient (Wildman–Crippen LogP) is 2.61. The Morgan fingerprint density at radius 3 is 3.05 bits per heavy atom. The number of hydrogen-bond donors (Lipinski definition) is 0. The molecule has 1 unspecified atom stereocenters. The minimum atomic E-state index is 0.635. The molecule has 19 heavy (non-hydrogen) atoms. The maximum absolute atomic E-state index is 6.19. The van der Waals surface area contributed by atoms with Crippen molar-refractivity contribution in [3.8, 4) is 0 Å². The van der Waals surface area contributed by atoms with Crippen LogP contribution in [-0.2, 0) is 0 Å². The van der Waals surface area contributed by atoms with Gasteiger partial charge in [0, 0.05) is 20.1 Å². The molecular formula is C14H23ClN4. The number of likely N-dealkylation sites (tertiary alicyclic amines) is 1. The molecule has 0 N–H and O–H groups in total. The van der Waals surface area contributed by atoms with Gasteiger partial charge in [-0.2, -0.15) is 0 Å². The summed E-state index contributed by atoms with van der Waals surface area (Å²) < 4.78 is 0. The molecule has 106 valence electrons. The van der Waals surface area contributed by atoms with E-state index in [-0.39, 0.29) is 0 Å². The number of halogens is 1. The zero-order chi connectivity index (χ0) is 13.8. The first-order valence-electron chi connectivity index (χ1n) is 7.02. The van der Waals surface area contributed by atoms with E-state index in [0.717, 1.165) is 24.7 Å². The first-order chi connectivity index (χ1) is 9.10. The van der Waals surface area contributed by atoms with Crippen molar-refractivity contribution in [3.63, 3.8) is 0 Å². The Kier molecular flexibility index (Phi) is 4.99. The monoisotopic (exact) mass is 282 g/mol. The molecule has 0 radical (unpaired) electrons. The van der Waals surface area contributed by atoms with Crippen molar-refractivity contribution >= 4 is 17.4 Å². The summed E-state index contributed by atoms with van der Waals surface area (Å²) in [4.78, 5) is 13.3. The fourth-order valence-corrected chi connectivity index (χ4v) is 3.01. The lowest BCUT2D eigenvalue weighted by Crippen LogP contribution is -2.40. The number of nitrogens with zero attached hydrogens (tertiary/aromatic N) is 4. The van der Waals surface area contributed by atoms with E-state index in [1.165, 1.54) is 25.9 Å². The van der Waals surface area contributed by atoms with Crippen LogP contribution in [0, 0.1) is 12.8 Å². The van der Waals surface area contributed by atoms with Crippen LogP contribution in [0.15, 0.2) is 6.20 Å². The lowest BCUT2D eigenvalue weighted by atomic mass is 9.97. The maximum atomic E-state index is 6.19.